The summed E-state index contributed by atoms with van der Waals surface area (Å²) in [7, 11) is 0. The van der Waals surface area contributed by atoms with E-state index < -0.39 is 0 Å². The lowest BCUT2D eigenvalue weighted by molar-refractivity contribution is 0.489. The number of anilines is 1. The summed E-state index contributed by atoms with van der Waals surface area (Å²) in [4.78, 5) is 15.1. The van der Waals surface area contributed by atoms with E-state index in [4.69, 9.17) is 17.3 Å². The van der Waals surface area contributed by atoms with Crippen LogP contribution in [0, 0.1) is 6.57 Å². The van der Waals surface area contributed by atoms with Crippen molar-refractivity contribution < 1.29 is 0 Å². The molecule has 0 unspecified atom stereocenters. The summed E-state index contributed by atoms with van der Waals surface area (Å²) >= 11 is 0. The first-order valence-corrected chi connectivity index (χ1v) is 8.98. The molecule has 4 rings (SSSR count). The van der Waals surface area contributed by atoms with Crippen molar-refractivity contribution in [3.63, 3.8) is 0 Å². The number of benzene rings is 1. The molecule has 1 aliphatic rings. The first-order chi connectivity index (χ1) is 12.7. The van der Waals surface area contributed by atoms with Crippen LogP contribution in [-0.4, -0.2) is 33.7 Å². The molecule has 0 saturated carbocycles. The Kier molecular flexibility index (Phi) is 5.64. The largest absolute Gasteiger partial charge is 0.341 e. The van der Waals surface area contributed by atoms with Crippen LogP contribution in [0.1, 0.15) is 31.5 Å². The molecule has 0 spiro atoms. The third kappa shape index (κ3) is 3.61. The average Bonchev–Trinajstić information content (AvgIpc) is 3.07. The highest BCUT2D eigenvalue weighted by Crippen LogP contribution is 2.31. The molecule has 1 aliphatic heterocycles. The molecule has 1 aromatic carbocycles. The second-order valence-electron chi connectivity index (χ2n) is 6.85. The topological polar surface area (TPSA) is 64.3 Å². The van der Waals surface area contributed by atoms with Crippen LogP contribution >= 0.6 is 12.4 Å². The molecule has 3 aromatic rings. The van der Waals surface area contributed by atoms with Gasteiger partial charge in [0.05, 0.1) is 29.3 Å². The number of imidazole rings is 1. The predicted octanol–water partition coefficient (Wildman–Crippen LogP) is 3.94. The fourth-order valence-corrected chi connectivity index (χ4v) is 3.67. The molecule has 2 N–H and O–H groups in total. The van der Waals surface area contributed by atoms with E-state index in [1.54, 1.807) is 6.20 Å². The Labute approximate surface area is 165 Å². The van der Waals surface area contributed by atoms with Crippen LogP contribution in [0.4, 0.5) is 11.6 Å². The smallest absolute Gasteiger partial charge is 0.207 e. The molecular weight excluding hydrogens is 360 g/mol. The van der Waals surface area contributed by atoms with E-state index in [0.717, 1.165) is 48.6 Å². The van der Waals surface area contributed by atoms with Gasteiger partial charge in [-0.25, -0.2) is 9.83 Å². The highest BCUT2D eigenvalue weighted by Gasteiger charge is 2.25. The second-order valence-corrected chi connectivity index (χ2v) is 6.85. The van der Waals surface area contributed by atoms with Gasteiger partial charge in [0, 0.05) is 25.3 Å². The van der Waals surface area contributed by atoms with Crippen molar-refractivity contribution in [2.45, 2.75) is 31.8 Å². The van der Waals surface area contributed by atoms with Crippen LogP contribution in [0.2, 0.25) is 0 Å². The lowest BCUT2D eigenvalue weighted by Gasteiger charge is -2.33. The molecule has 7 heteroatoms. The van der Waals surface area contributed by atoms with Gasteiger partial charge in [-0.05, 0) is 38.0 Å². The number of nitrogens with two attached hydrogens (primary N) is 1. The summed E-state index contributed by atoms with van der Waals surface area (Å²) in [5, 5.41) is 0. The van der Waals surface area contributed by atoms with E-state index in [1.807, 2.05) is 30.3 Å². The first-order valence-electron chi connectivity index (χ1n) is 8.98. The van der Waals surface area contributed by atoms with E-state index in [2.05, 4.69) is 32.3 Å². The Morgan fingerprint density at radius 2 is 2.07 bits per heavy atom. The molecule has 27 heavy (non-hydrogen) atoms. The summed E-state index contributed by atoms with van der Waals surface area (Å²) in [6.07, 6.45) is 3.77. The number of hydrogen-bond acceptors (Lipinski definition) is 4. The molecule has 0 aliphatic carbocycles. The standard InChI is InChI=1S/C20H22N6.ClH/c1-14(17-10-9-16(22-2)12-23-17)26-19-8-4-3-7-18(19)24-20(26)25-11-5-6-15(21)13-25;/h3-4,7-10,12,14-15H,5-6,11,13,21H2,1H3;1H/t14-,15-;/m0./s1. The Morgan fingerprint density at radius 1 is 1.26 bits per heavy atom. The van der Waals surface area contributed by atoms with E-state index in [-0.39, 0.29) is 24.5 Å². The molecule has 1 fully saturated rings. The van der Waals surface area contributed by atoms with Crippen molar-refractivity contribution in [1.82, 2.24) is 14.5 Å². The van der Waals surface area contributed by atoms with Gasteiger partial charge in [0.15, 0.2) is 0 Å². The van der Waals surface area contributed by atoms with Crippen molar-refractivity contribution in [2.75, 3.05) is 18.0 Å². The minimum atomic E-state index is 0. The summed E-state index contributed by atoms with van der Waals surface area (Å²) in [5.74, 6) is 0.949. The average molecular weight is 383 g/mol. The van der Waals surface area contributed by atoms with Crippen molar-refractivity contribution in [3.8, 4) is 0 Å². The number of aromatic nitrogens is 3. The molecule has 6 nitrogen and oxygen atoms in total. The third-order valence-corrected chi connectivity index (χ3v) is 5.03. The van der Waals surface area contributed by atoms with Gasteiger partial charge >= 0.3 is 0 Å². The summed E-state index contributed by atoms with van der Waals surface area (Å²) in [6, 6.07) is 12.1. The zero-order chi connectivity index (χ0) is 18.1. The fourth-order valence-electron chi connectivity index (χ4n) is 3.67. The van der Waals surface area contributed by atoms with E-state index >= 15 is 0 Å². The molecule has 140 valence electrons. The highest BCUT2D eigenvalue weighted by atomic mass is 35.5. The Morgan fingerprint density at radius 3 is 2.78 bits per heavy atom. The minimum Gasteiger partial charge on any atom is -0.341 e. The van der Waals surface area contributed by atoms with Crippen LogP contribution in [0.5, 0.6) is 0 Å². The quantitative estimate of drug-likeness (QED) is 0.697. The zero-order valence-electron chi connectivity index (χ0n) is 15.2. The number of pyridine rings is 1. The van der Waals surface area contributed by atoms with Gasteiger partial charge in [-0.2, -0.15) is 0 Å². The van der Waals surface area contributed by atoms with Gasteiger partial charge in [-0.3, -0.25) is 4.98 Å². The van der Waals surface area contributed by atoms with Crippen LogP contribution in [0.3, 0.4) is 0 Å². The van der Waals surface area contributed by atoms with Crippen LogP contribution in [0.25, 0.3) is 15.9 Å². The number of nitrogens with zero attached hydrogens (tertiary/aromatic N) is 5. The Hall–Kier alpha value is -2.62. The van der Waals surface area contributed by atoms with Crippen LogP contribution in [-0.2, 0) is 0 Å². The van der Waals surface area contributed by atoms with Crippen molar-refractivity contribution in [3.05, 3.63) is 59.7 Å². The number of fused-ring (bicyclic) bond motifs is 1. The number of piperidine rings is 1. The van der Waals surface area contributed by atoms with E-state index in [0.29, 0.717) is 5.69 Å². The van der Waals surface area contributed by atoms with Crippen LogP contribution < -0.4 is 10.6 Å². The van der Waals surface area contributed by atoms with Gasteiger partial charge < -0.3 is 15.2 Å². The molecule has 2 atom stereocenters. The zero-order valence-corrected chi connectivity index (χ0v) is 16.1. The van der Waals surface area contributed by atoms with Gasteiger partial charge in [0.1, 0.15) is 0 Å². The number of hydrogen-bond donors (Lipinski definition) is 1. The summed E-state index contributed by atoms with van der Waals surface area (Å²) in [5.41, 5.74) is 9.75. The van der Waals surface area contributed by atoms with E-state index in [9.17, 15) is 0 Å². The molecule has 0 radical (unpaired) electrons. The normalized spacial score (nSPS) is 18.0. The first kappa shape index (κ1) is 19.2. The van der Waals surface area contributed by atoms with Crippen molar-refractivity contribution >= 4 is 35.1 Å². The maximum atomic E-state index is 7.11. The van der Waals surface area contributed by atoms with Gasteiger partial charge in [0.2, 0.25) is 11.6 Å². The van der Waals surface area contributed by atoms with E-state index in [1.165, 1.54) is 0 Å². The van der Waals surface area contributed by atoms with Crippen LogP contribution in [0.15, 0.2) is 42.6 Å². The predicted molar refractivity (Wildman–Crippen MR) is 111 cm³/mol. The Balaban J connectivity index is 0.00000210. The number of rotatable bonds is 3. The van der Waals surface area contributed by atoms with Gasteiger partial charge in [-0.15, -0.1) is 12.4 Å². The fraction of sp³-hybridized carbons (Fsp3) is 0.350. The lowest BCUT2D eigenvalue weighted by atomic mass is 10.1. The molecular formula is C20H23ClN6. The van der Waals surface area contributed by atoms with Crippen molar-refractivity contribution in [2.24, 2.45) is 5.73 Å². The van der Waals surface area contributed by atoms with Gasteiger partial charge in [0.25, 0.3) is 0 Å². The molecule has 0 bridgehead atoms. The Bertz CT molecular complexity index is 959. The van der Waals surface area contributed by atoms with Crippen molar-refractivity contribution in [1.29, 1.82) is 0 Å². The molecule has 2 aromatic heterocycles. The molecule has 3 heterocycles. The number of halogens is 1. The molecule has 1 saturated heterocycles. The minimum absolute atomic E-state index is 0. The SMILES string of the molecule is Cl.[C-]#[N+]c1ccc([C@H](C)n2c(N3CCC[C@H](N)C3)nc3ccccc32)nc1. The monoisotopic (exact) mass is 382 g/mol. The summed E-state index contributed by atoms with van der Waals surface area (Å²) in [6.45, 7) is 11.0. The highest BCUT2D eigenvalue weighted by molar-refractivity contribution is 5.85. The number of para-hydroxylation sites is 2. The maximum Gasteiger partial charge on any atom is 0.207 e. The molecule has 0 amide bonds. The lowest BCUT2D eigenvalue weighted by Crippen LogP contribution is -2.44. The second kappa shape index (κ2) is 7.95. The van der Waals surface area contributed by atoms with Gasteiger partial charge in [-0.1, -0.05) is 18.2 Å². The third-order valence-electron chi connectivity index (χ3n) is 5.03. The summed E-state index contributed by atoms with van der Waals surface area (Å²) < 4.78 is 2.24. The maximum absolute atomic E-state index is 7.11.